The van der Waals surface area contributed by atoms with Gasteiger partial charge in [0, 0.05) is 51.9 Å². The molecule has 0 radical (unpaired) electrons. The zero-order valence-electron chi connectivity index (χ0n) is 23.4. The lowest BCUT2D eigenvalue weighted by Gasteiger charge is -2.14. The van der Waals surface area contributed by atoms with E-state index >= 15 is 4.39 Å². The van der Waals surface area contributed by atoms with Crippen molar-refractivity contribution < 1.29 is 18.3 Å². The van der Waals surface area contributed by atoms with Crippen LogP contribution in [0.4, 0.5) is 14.5 Å². The number of nitrogens with zero attached hydrogens (tertiary/aromatic N) is 4. The Hall–Kier alpha value is -5.58. The van der Waals surface area contributed by atoms with E-state index in [0.29, 0.717) is 22.7 Å². The van der Waals surface area contributed by atoms with Crippen LogP contribution < -0.4 is 15.6 Å². The van der Waals surface area contributed by atoms with Gasteiger partial charge in [-0.2, -0.15) is 10.2 Å². The Morgan fingerprint density at radius 2 is 1.77 bits per heavy atom. The molecule has 0 aliphatic rings. The van der Waals surface area contributed by atoms with Crippen LogP contribution in [0, 0.1) is 18.6 Å². The number of nitrogens with one attached hydrogen (secondary N) is 2. The number of carbonyl (C=O) groups is 1. The van der Waals surface area contributed by atoms with Gasteiger partial charge in [-0.25, -0.2) is 8.78 Å². The van der Waals surface area contributed by atoms with E-state index in [1.807, 2.05) is 24.6 Å². The molecule has 0 fully saturated rings. The van der Waals surface area contributed by atoms with Crippen molar-refractivity contribution in [2.75, 3.05) is 5.32 Å². The number of ether oxygens (including phenoxy) is 1. The summed E-state index contributed by atoms with van der Waals surface area (Å²) in [6.07, 6.45) is 5.09. The second kappa shape index (κ2) is 11.0. The summed E-state index contributed by atoms with van der Waals surface area (Å²) in [6.45, 7) is 5.76. The number of pyridine rings is 1. The molecule has 6 rings (SSSR count). The SMILES string of the molecule is Cc1ccc(C(=O)Nc2ccc(Oc3cc4cnn(C(C)C)c4cc3-c3cn[nH]c3)c(F)c2)c(=O)n1-c1ccc(F)cc1. The van der Waals surface area contributed by atoms with Gasteiger partial charge in [0.05, 0.1) is 17.9 Å². The number of carbonyl (C=O) groups excluding carboxylic acids is 1. The molecular weight excluding hydrogens is 554 g/mol. The second-order valence-electron chi connectivity index (χ2n) is 10.3. The maximum absolute atomic E-state index is 15.3. The maximum Gasteiger partial charge on any atom is 0.268 e. The van der Waals surface area contributed by atoms with Crippen molar-refractivity contribution in [3.63, 3.8) is 0 Å². The number of amides is 1. The fourth-order valence-corrected chi connectivity index (χ4v) is 4.88. The van der Waals surface area contributed by atoms with Crippen molar-refractivity contribution in [1.82, 2.24) is 24.5 Å². The number of halogens is 2. The molecule has 216 valence electrons. The van der Waals surface area contributed by atoms with Crippen molar-refractivity contribution in [2.24, 2.45) is 0 Å². The molecule has 0 saturated heterocycles. The lowest BCUT2D eigenvalue weighted by Crippen LogP contribution is -2.29. The number of fused-ring (bicyclic) bond motifs is 1. The third-order valence-electron chi connectivity index (χ3n) is 7.01. The molecule has 0 aliphatic carbocycles. The van der Waals surface area contributed by atoms with Crippen molar-refractivity contribution in [1.29, 1.82) is 0 Å². The van der Waals surface area contributed by atoms with Crippen LogP contribution >= 0.6 is 0 Å². The Morgan fingerprint density at radius 1 is 0.977 bits per heavy atom. The number of hydrogen-bond donors (Lipinski definition) is 2. The molecule has 2 N–H and O–H groups in total. The molecule has 0 bridgehead atoms. The third-order valence-corrected chi connectivity index (χ3v) is 7.01. The van der Waals surface area contributed by atoms with Crippen LogP contribution in [-0.2, 0) is 0 Å². The minimum atomic E-state index is -0.721. The minimum Gasteiger partial charge on any atom is -0.454 e. The predicted molar refractivity (Wildman–Crippen MR) is 159 cm³/mol. The zero-order valence-corrected chi connectivity index (χ0v) is 23.4. The topological polar surface area (TPSA) is 107 Å². The highest BCUT2D eigenvalue weighted by atomic mass is 19.1. The smallest absolute Gasteiger partial charge is 0.268 e. The first-order valence-corrected chi connectivity index (χ1v) is 13.5. The number of aryl methyl sites for hydroxylation is 1. The van der Waals surface area contributed by atoms with Crippen molar-refractivity contribution in [3.8, 4) is 28.3 Å². The molecular formula is C32H26F2N6O3. The Morgan fingerprint density at radius 3 is 2.47 bits per heavy atom. The molecule has 0 atom stereocenters. The molecule has 3 aromatic heterocycles. The molecule has 0 aliphatic heterocycles. The molecule has 6 aromatic rings. The lowest BCUT2D eigenvalue weighted by atomic mass is 10.1. The zero-order chi connectivity index (χ0) is 30.2. The quantitative estimate of drug-likeness (QED) is 0.216. The van der Waals surface area contributed by atoms with Gasteiger partial charge in [-0.3, -0.25) is 23.9 Å². The third kappa shape index (κ3) is 5.28. The number of aromatic amines is 1. The van der Waals surface area contributed by atoms with E-state index in [1.165, 1.54) is 47.0 Å². The molecule has 3 heterocycles. The Kier molecular flexibility index (Phi) is 7.06. The first-order valence-electron chi connectivity index (χ1n) is 13.5. The summed E-state index contributed by atoms with van der Waals surface area (Å²) in [5, 5.41) is 14.7. The van der Waals surface area contributed by atoms with E-state index in [9.17, 15) is 14.0 Å². The molecule has 11 heteroatoms. The molecule has 0 unspecified atom stereocenters. The van der Waals surface area contributed by atoms with Gasteiger partial charge in [-0.05, 0) is 81.4 Å². The lowest BCUT2D eigenvalue weighted by molar-refractivity contribution is 0.102. The summed E-state index contributed by atoms with van der Waals surface area (Å²) in [5.74, 6) is -1.55. The van der Waals surface area contributed by atoms with Crippen molar-refractivity contribution >= 4 is 22.5 Å². The first-order chi connectivity index (χ1) is 20.7. The van der Waals surface area contributed by atoms with Gasteiger partial charge < -0.3 is 10.1 Å². The predicted octanol–water partition coefficient (Wildman–Crippen LogP) is 6.79. The van der Waals surface area contributed by atoms with Crippen LogP contribution in [-0.4, -0.2) is 30.5 Å². The highest BCUT2D eigenvalue weighted by Gasteiger charge is 2.19. The van der Waals surface area contributed by atoms with Gasteiger partial charge in [0.1, 0.15) is 17.1 Å². The van der Waals surface area contributed by atoms with Gasteiger partial charge in [0.15, 0.2) is 11.6 Å². The van der Waals surface area contributed by atoms with Crippen LogP contribution in [0.15, 0.2) is 90.1 Å². The summed E-state index contributed by atoms with van der Waals surface area (Å²) < 4.78 is 38.0. The number of aromatic nitrogens is 5. The second-order valence-corrected chi connectivity index (χ2v) is 10.3. The molecule has 0 saturated carbocycles. The van der Waals surface area contributed by atoms with Gasteiger partial charge in [-0.1, -0.05) is 0 Å². The monoisotopic (exact) mass is 580 g/mol. The fraction of sp³-hybridized carbons (Fsp3) is 0.125. The summed E-state index contributed by atoms with van der Waals surface area (Å²) >= 11 is 0. The summed E-state index contributed by atoms with van der Waals surface area (Å²) in [7, 11) is 0. The minimum absolute atomic E-state index is 0.0626. The van der Waals surface area contributed by atoms with E-state index in [2.05, 4.69) is 20.6 Å². The molecule has 43 heavy (non-hydrogen) atoms. The summed E-state index contributed by atoms with van der Waals surface area (Å²) in [4.78, 5) is 26.3. The van der Waals surface area contributed by atoms with E-state index in [0.717, 1.165) is 22.5 Å². The van der Waals surface area contributed by atoms with Crippen LogP contribution in [0.3, 0.4) is 0 Å². The standard InChI is InChI=1S/C32H26F2N6O3/c1-18(2)40-28-14-26(21-15-35-36-16-21)30(12-20(28)17-37-40)43-29-11-7-23(13-27(29)34)38-31(41)25-10-4-19(3)39(32(25)42)24-8-5-22(33)6-9-24/h4-18H,1-3H3,(H,35,36)(H,38,41). The van der Waals surface area contributed by atoms with Gasteiger partial charge in [0.2, 0.25) is 0 Å². The fourth-order valence-electron chi connectivity index (χ4n) is 4.88. The average Bonchev–Trinajstić information content (AvgIpc) is 3.65. The van der Waals surface area contributed by atoms with E-state index in [4.69, 9.17) is 4.74 Å². The van der Waals surface area contributed by atoms with E-state index < -0.39 is 23.1 Å². The Labute approximate surface area is 244 Å². The number of rotatable bonds is 7. The molecule has 9 nitrogen and oxygen atoms in total. The van der Waals surface area contributed by atoms with Gasteiger partial charge in [-0.15, -0.1) is 0 Å². The summed E-state index contributed by atoms with van der Waals surface area (Å²) in [5.41, 5.74) is 2.70. The summed E-state index contributed by atoms with van der Waals surface area (Å²) in [6, 6.07) is 16.2. The van der Waals surface area contributed by atoms with Crippen LogP contribution in [0.5, 0.6) is 11.5 Å². The van der Waals surface area contributed by atoms with E-state index in [-0.39, 0.29) is 23.0 Å². The Bertz CT molecular complexity index is 2030. The highest BCUT2D eigenvalue weighted by Crippen LogP contribution is 2.38. The normalized spacial score (nSPS) is 11.3. The van der Waals surface area contributed by atoms with Gasteiger partial charge >= 0.3 is 0 Å². The average molecular weight is 581 g/mol. The number of H-pyrrole nitrogens is 1. The van der Waals surface area contributed by atoms with Gasteiger partial charge in [0.25, 0.3) is 11.5 Å². The van der Waals surface area contributed by atoms with Crippen molar-refractivity contribution in [3.05, 3.63) is 119 Å². The molecule has 0 spiro atoms. The first kappa shape index (κ1) is 27.6. The van der Waals surface area contributed by atoms with Crippen molar-refractivity contribution in [2.45, 2.75) is 26.8 Å². The maximum atomic E-state index is 15.3. The van der Waals surface area contributed by atoms with Crippen LogP contribution in [0.2, 0.25) is 0 Å². The largest absolute Gasteiger partial charge is 0.454 e. The Balaban J connectivity index is 1.28. The number of anilines is 1. The van der Waals surface area contributed by atoms with E-state index in [1.54, 1.807) is 37.6 Å². The molecule has 3 aromatic carbocycles. The highest BCUT2D eigenvalue weighted by molar-refractivity contribution is 6.04. The number of benzene rings is 3. The molecule has 1 amide bonds. The number of hydrogen-bond acceptors (Lipinski definition) is 5. The van der Waals surface area contributed by atoms with Crippen LogP contribution in [0.25, 0.3) is 27.7 Å². The van der Waals surface area contributed by atoms with Crippen LogP contribution in [0.1, 0.15) is 35.9 Å².